The van der Waals surface area contributed by atoms with E-state index >= 15 is 0 Å². The van der Waals surface area contributed by atoms with Crippen LogP contribution in [0.15, 0.2) is 24.3 Å². The third-order valence-corrected chi connectivity index (χ3v) is 7.41. The van der Waals surface area contributed by atoms with E-state index in [0.717, 1.165) is 24.9 Å². The number of rotatable bonds is 4. The van der Waals surface area contributed by atoms with Gasteiger partial charge >= 0.3 is 0 Å². The van der Waals surface area contributed by atoms with E-state index in [2.05, 4.69) is 29.2 Å². The lowest BCUT2D eigenvalue weighted by molar-refractivity contribution is -0.161. The molecule has 0 radical (unpaired) electrons. The molecule has 3 saturated carbocycles. The Hall–Kier alpha value is -1.35. The van der Waals surface area contributed by atoms with Gasteiger partial charge in [-0.3, -0.25) is 4.79 Å². The van der Waals surface area contributed by atoms with E-state index in [-0.39, 0.29) is 5.92 Å². The minimum absolute atomic E-state index is 0.0738. The molecular formula is C23H31NO2. The number of nitrogens with zero attached hydrogens (tertiary/aromatic N) is 1. The Morgan fingerprint density at radius 1 is 1.19 bits per heavy atom. The minimum Gasteiger partial charge on any atom is -0.390 e. The average Bonchev–Trinajstić information content (AvgIpc) is 3.32. The second-order valence-electron chi connectivity index (χ2n) is 10.1. The fourth-order valence-electron chi connectivity index (χ4n) is 5.87. The highest BCUT2D eigenvalue weighted by molar-refractivity contribution is 5.81. The SMILES string of the molecule is CC1(O)CC(C(=O)N2CC3(CCC(Cc4cccc(C5CC5)c4)C3)C2)C1. The maximum Gasteiger partial charge on any atom is 0.225 e. The summed E-state index contributed by atoms with van der Waals surface area (Å²) in [5.74, 6) is 1.99. The lowest BCUT2D eigenvalue weighted by Gasteiger charge is -2.52. The van der Waals surface area contributed by atoms with E-state index in [1.54, 1.807) is 5.56 Å². The van der Waals surface area contributed by atoms with Gasteiger partial charge in [0.05, 0.1) is 5.60 Å². The second kappa shape index (κ2) is 5.82. The largest absolute Gasteiger partial charge is 0.390 e. The first-order valence-corrected chi connectivity index (χ1v) is 10.5. The molecule has 3 aliphatic carbocycles. The fraction of sp³-hybridized carbons (Fsp3) is 0.696. The lowest BCUT2D eigenvalue weighted by atomic mass is 9.69. The number of aliphatic hydroxyl groups is 1. The van der Waals surface area contributed by atoms with Crippen molar-refractivity contribution in [3.8, 4) is 0 Å². The van der Waals surface area contributed by atoms with Gasteiger partial charge in [0.2, 0.25) is 5.91 Å². The van der Waals surface area contributed by atoms with Crippen LogP contribution in [0.25, 0.3) is 0 Å². The number of amides is 1. The summed E-state index contributed by atoms with van der Waals surface area (Å²) in [6.45, 7) is 3.76. The van der Waals surface area contributed by atoms with Gasteiger partial charge in [0.25, 0.3) is 0 Å². The molecule has 0 aromatic heterocycles. The fourth-order valence-corrected chi connectivity index (χ4v) is 5.87. The van der Waals surface area contributed by atoms with Crippen LogP contribution in [0.4, 0.5) is 0 Å². The predicted molar refractivity (Wildman–Crippen MR) is 102 cm³/mol. The quantitative estimate of drug-likeness (QED) is 0.892. The van der Waals surface area contributed by atoms with Crippen molar-refractivity contribution in [1.29, 1.82) is 0 Å². The van der Waals surface area contributed by atoms with Crippen LogP contribution in [0.2, 0.25) is 0 Å². The van der Waals surface area contributed by atoms with Crippen LogP contribution >= 0.6 is 0 Å². The molecule has 26 heavy (non-hydrogen) atoms. The Kier molecular flexibility index (Phi) is 3.76. The predicted octanol–water partition coefficient (Wildman–Crippen LogP) is 3.90. The standard InChI is InChI=1S/C23H31NO2/c1-22(26)12-20(13-22)21(25)24-14-23(15-24)8-7-17(11-23)9-16-3-2-4-19(10-16)18-5-6-18/h2-4,10,17-18,20,26H,5-9,11-15H2,1H3. The summed E-state index contributed by atoms with van der Waals surface area (Å²) in [4.78, 5) is 14.6. The molecule has 140 valence electrons. The van der Waals surface area contributed by atoms with Crippen molar-refractivity contribution in [2.45, 2.75) is 69.8 Å². The van der Waals surface area contributed by atoms with Gasteiger partial charge in [-0.15, -0.1) is 0 Å². The van der Waals surface area contributed by atoms with Gasteiger partial charge in [-0.25, -0.2) is 0 Å². The van der Waals surface area contributed by atoms with Gasteiger partial charge in [-0.2, -0.15) is 0 Å². The summed E-state index contributed by atoms with van der Waals surface area (Å²) in [5.41, 5.74) is 2.87. The third kappa shape index (κ3) is 3.09. The molecule has 0 bridgehead atoms. The lowest BCUT2D eigenvalue weighted by Crippen LogP contribution is -2.61. The molecule has 4 fully saturated rings. The molecule has 4 aliphatic rings. The molecule has 1 aromatic rings. The highest BCUT2D eigenvalue weighted by Gasteiger charge is 2.52. The van der Waals surface area contributed by atoms with E-state index in [9.17, 15) is 9.90 Å². The number of carbonyl (C=O) groups is 1. The highest BCUT2D eigenvalue weighted by Crippen LogP contribution is 2.50. The summed E-state index contributed by atoms with van der Waals surface area (Å²) in [6.07, 6.45) is 9.13. The van der Waals surface area contributed by atoms with Crippen LogP contribution in [0.5, 0.6) is 0 Å². The number of carbonyl (C=O) groups excluding carboxylic acids is 1. The molecule has 1 heterocycles. The van der Waals surface area contributed by atoms with Crippen molar-refractivity contribution in [2.75, 3.05) is 13.1 Å². The van der Waals surface area contributed by atoms with E-state index in [1.165, 1.54) is 44.1 Å². The molecule has 1 unspecified atom stereocenters. The Bertz CT molecular complexity index is 707. The zero-order chi connectivity index (χ0) is 17.9. The number of hydrogen-bond acceptors (Lipinski definition) is 2. The van der Waals surface area contributed by atoms with Crippen molar-refractivity contribution in [3.63, 3.8) is 0 Å². The maximum absolute atomic E-state index is 12.5. The summed E-state index contributed by atoms with van der Waals surface area (Å²) >= 11 is 0. The van der Waals surface area contributed by atoms with Gasteiger partial charge in [0.1, 0.15) is 0 Å². The monoisotopic (exact) mass is 353 g/mol. The molecule has 1 saturated heterocycles. The van der Waals surface area contributed by atoms with E-state index in [4.69, 9.17) is 0 Å². The summed E-state index contributed by atoms with van der Waals surface area (Å²) in [6, 6.07) is 9.28. The van der Waals surface area contributed by atoms with Crippen LogP contribution in [0, 0.1) is 17.3 Å². The molecule has 3 nitrogen and oxygen atoms in total. The Morgan fingerprint density at radius 3 is 2.65 bits per heavy atom. The topological polar surface area (TPSA) is 40.5 Å². The maximum atomic E-state index is 12.5. The van der Waals surface area contributed by atoms with Crippen molar-refractivity contribution in [3.05, 3.63) is 35.4 Å². The van der Waals surface area contributed by atoms with E-state index < -0.39 is 5.60 Å². The molecule has 1 aromatic carbocycles. The molecule has 1 N–H and O–H groups in total. The molecule has 1 atom stereocenters. The molecule has 5 rings (SSSR count). The van der Waals surface area contributed by atoms with Gasteiger partial charge in [0.15, 0.2) is 0 Å². The summed E-state index contributed by atoms with van der Waals surface area (Å²) in [5, 5.41) is 9.87. The molecule has 3 heteroatoms. The Balaban J connectivity index is 1.14. The van der Waals surface area contributed by atoms with Gasteiger partial charge in [-0.05, 0) is 81.3 Å². The molecule has 1 spiro atoms. The first kappa shape index (κ1) is 16.8. The summed E-state index contributed by atoms with van der Waals surface area (Å²) in [7, 11) is 0. The van der Waals surface area contributed by atoms with Gasteiger partial charge in [-0.1, -0.05) is 24.3 Å². The van der Waals surface area contributed by atoms with Crippen LogP contribution in [0.1, 0.15) is 68.9 Å². The van der Waals surface area contributed by atoms with Crippen molar-refractivity contribution in [1.82, 2.24) is 4.90 Å². The zero-order valence-electron chi connectivity index (χ0n) is 15.9. The molecule has 1 aliphatic heterocycles. The number of likely N-dealkylation sites (tertiary alicyclic amines) is 1. The second-order valence-corrected chi connectivity index (χ2v) is 10.1. The Morgan fingerprint density at radius 2 is 1.96 bits per heavy atom. The minimum atomic E-state index is -0.601. The molecular weight excluding hydrogens is 322 g/mol. The first-order valence-electron chi connectivity index (χ1n) is 10.5. The van der Waals surface area contributed by atoms with Gasteiger partial charge < -0.3 is 10.0 Å². The van der Waals surface area contributed by atoms with E-state index in [1.807, 2.05) is 6.92 Å². The number of hydrogen-bond donors (Lipinski definition) is 1. The Labute approximate surface area is 156 Å². The van der Waals surface area contributed by atoms with Crippen molar-refractivity contribution >= 4 is 5.91 Å². The normalized spacial score (nSPS) is 35.2. The highest BCUT2D eigenvalue weighted by atomic mass is 16.3. The average molecular weight is 354 g/mol. The summed E-state index contributed by atoms with van der Waals surface area (Å²) < 4.78 is 0. The van der Waals surface area contributed by atoms with Crippen molar-refractivity contribution < 1.29 is 9.90 Å². The van der Waals surface area contributed by atoms with Crippen LogP contribution < -0.4 is 0 Å². The van der Waals surface area contributed by atoms with Crippen LogP contribution in [-0.2, 0) is 11.2 Å². The van der Waals surface area contributed by atoms with Gasteiger partial charge in [0, 0.05) is 24.4 Å². The zero-order valence-corrected chi connectivity index (χ0v) is 15.9. The third-order valence-electron chi connectivity index (χ3n) is 7.41. The smallest absolute Gasteiger partial charge is 0.225 e. The van der Waals surface area contributed by atoms with E-state index in [0.29, 0.717) is 24.2 Å². The van der Waals surface area contributed by atoms with Crippen molar-refractivity contribution in [2.24, 2.45) is 17.3 Å². The van der Waals surface area contributed by atoms with Crippen LogP contribution in [-0.4, -0.2) is 34.6 Å². The number of benzene rings is 1. The molecule has 1 amide bonds. The first-order chi connectivity index (χ1) is 12.4. The van der Waals surface area contributed by atoms with Crippen LogP contribution in [0.3, 0.4) is 0 Å².